The van der Waals surface area contributed by atoms with Gasteiger partial charge in [0.25, 0.3) is 5.56 Å². The van der Waals surface area contributed by atoms with Gasteiger partial charge in [0.1, 0.15) is 4.83 Å². The van der Waals surface area contributed by atoms with Crippen molar-refractivity contribution in [2.24, 2.45) is 0 Å². The van der Waals surface area contributed by atoms with Gasteiger partial charge in [0, 0.05) is 18.0 Å². The van der Waals surface area contributed by atoms with Gasteiger partial charge in [-0.1, -0.05) is 24.6 Å². The predicted octanol–water partition coefficient (Wildman–Crippen LogP) is 3.52. The van der Waals surface area contributed by atoms with Crippen LogP contribution in [0.4, 0.5) is 0 Å². The Morgan fingerprint density at radius 3 is 2.83 bits per heavy atom. The van der Waals surface area contributed by atoms with E-state index >= 15 is 0 Å². The first kappa shape index (κ1) is 20.9. The van der Waals surface area contributed by atoms with Crippen molar-refractivity contribution in [2.45, 2.75) is 81.3 Å². The van der Waals surface area contributed by atoms with Crippen LogP contribution < -0.4 is 10.9 Å². The number of rotatable bonds is 7. The highest BCUT2D eigenvalue weighted by atomic mass is 32.2. The molecule has 158 valence electrons. The third-order valence-electron chi connectivity index (χ3n) is 5.91. The van der Waals surface area contributed by atoms with Crippen LogP contribution >= 0.6 is 23.1 Å². The lowest BCUT2D eigenvalue weighted by molar-refractivity contribution is -0.120. The lowest BCUT2D eigenvalue weighted by Gasteiger charge is -2.18. The molecule has 29 heavy (non-hydrogen) atoms. The number of thioether (sulfide) groups is 1. The molecule has 1 saturated carbocycles. The van der Waals surface area contributed by atoms with Crippen LogP contribution in [0.5, 0.6) is 0 Å². The van der Waals surface area contributed by atoms with E-state index in [0.717, 1.165) is 42.3 Å². The zero-order chi connectivity index (χ0) is 20.4. The fraction of sp³-hybridized carbons (Fsp3) is 0.667. The Labute approximate surface area is 179 Å². The third kappa shape index (κ3) is 4.39. The quantitative estimate of drug-likeness (QED) is 0.532. The summed E-state index contributed by atoms with van der Waals surface area (Å²) in [6.45, 7) is 2.78. The third-order valence-corrected chi connectivity index (χ3v) is 8.19. The number of hydrogen-bond acceptors (Lipinski definition) is 6. The number of thiophene rings is 1. The van der Waals surface area contributed by atoms with Crippen LogP contribution in [0.2, 0.25) is 0 Å². The van der Waals surface area contributed by atoms with Crippen molar-refractivity contribution in [1.82, 2.24) is 14.9 Å². The van der Waals surface area contributed by atoms with Crippen LogP contribution in [-0.4, -0.2) is 40.5 Å². The fourth-order valence-electron chi connectivity index (χ4n) is 4.29. The molecule has 8 heteroatoms. The van der Waals surface area contributed by atoms with E-state index in [-0.39, 0.29) is 16.7 Å². The number of methoxy groups -OCH3 is 1. The number of carbonyl (C=O) groups is 1. The van der Waals surface area contributed by atoms with Gasteiger partial charge < -0.3 is 10.1 Å². The number of nitrogens with zero attached hydrogens (tertiary/aromatic N) is 2. The molecule has 0 spiro atoms. The van der Waals surface area contributed by atoms with Gasteiger partial charge in [-0.3, -0.25) is 14.2 Å². The number of carbonyl (C=O) groups excluding carboxylic acids is 1. The Morgan fingerprint density at radius 1 is 1.31 bits per heavy atom. The zero-order valence-electron chi connectivity index (χ0n) is 17.2. The summed E-state index contributed by atoms with van der Waals surface area (Å²) >= 11 is 3.03. The molecule has 6 nitrogen and oxygen atoms in total. The van der Waals surface area contributed by atoms with Crippen LogP contribution in [0.15, 0.2) is 9.95 Å². The van der Waals surface area contributed by atoms with E-state index in [2.05, 4.69) is 5.32 Å². The lowest BCUT2D eigenvalue weighted by atomic mass is 9.97. The summed E-state index contributed by atoms with van der Waals surface area (Å²) in [7, 11) is 1.63. The number of hydrogen-bond donors (Lipinski definition) is 1. The van der Waals surface area contributed by atoms with Crippen molar-refractivity contribution in [3.8, 4) is 0 Å². The van der Waals surface area contributed by atoms with Crippen molar-refractivity contribution in [2.75, 3.05) is 13.7 Å². The summed E-state index contributed by atoms with van der Waals surface area (Å²) in [5, 5.41) is 4.26. The summed E-state index contributed by atoms with van der Waals surface area (Å²) in [4.78, 5) is 33.0. The van der Waals surface area contributed by atoms with Crippen molar-refractivity contribution >= 4 is 39.2 Å². The molecule has 2 aromatic rings. The Kier molecular flexibility index (Phi) is 6.61. The number of aryl methyl sites for hydroxylation is 2. The maximum Gasteiger partial charge on any atom is 0.263 e. The van der Waals surface area contributed by atoms with Gasteiger partial charge in [0.05, 0.1) is 23.8 Å². The molecule has 1 atom stereocenters. The van der Waals surface area contributed by atoms with Crippen LogP contribution in [0.25, 0.3) is 10.2 Å². The van der Waals surface area contributed by atoms with Gasteiger partial charge in [-0.05, 0) is 51.0 Å². The summed E-state index contributed by atoms with van der Waals surface area (Å²) in [5.41, 5.74) is 1.21. The first-order chi connectivity index (χ1) is 14.1. The zero-order valence-corrected chi connectivity index (χ0v) is 18.8. The summed E-state index contributed by atoms with van der Waals surface area (Å²) in [6.07, 6.45) is 8.80. The van der Waals surface area contributed by atoms with Crippen molar-refractivity contribution in [1.29, 1.82) is 0 Å². The summed E-state index contributed by atoms with van der Waals surface area (Å²) in [6, 6.07) is 0.292. The second-order valence-corrected chi connectivity index (χ2v) is 10.4. The molecule has 0 aliphatic heterocycles. The molecule has 0 bridgehead atoms. The van der Waals surface area contributed by atoms with Gasteiger partial charge in [-0.2, -0.15) is 0 Å². The monoisotopic (exact) mass is 435 g/mol. The normalized spacial score (nSPS) is 18.1. The van der Waals surface area contributed by atoms with E-state index in [1.165, 1.54) is 41.5 Å². The highest BCUT2D eigenvalue weighted by molar-refractivity contribution is 8.00. The minimum Gasteiger partial charge on any atom is -0.383 e. The Balaban J connectivity index is 1.64. The van der Waals surface area contributed by atoms with E-state index in [0.29, 0.717) is 24.3 Å². The average molecular weight is 436 g/mol. The van der Waals surface area contributed by atoms with Gasteiger partial charge in [-0.15, -0.1) is 11.3 Å². The number of fused-ring (bicyclic) bond motifs is 3. The predicted molar refractivity (Wildman–Crippen MR) is 118 cm³/mol. The molecule has 2 aliphatic rings. The standard InChI is InChI=1S/C21H29N3O3S2/c1-13(18(25)22-14-7-3-4-8-14)28-21-23-19-17(20(26)24(21)11-12-27-2)15-9-5-6-10-16(15)29-19/h13-14H,3-12H2,1-2H3,(H,22,25). The van der Waals surface area contributed by atoms with E-state index in [9.17, 15) is 9.59 Å². The molecule has 1 amide bonds. The smallest absolute Gasteiger partial charge is 0.263 e. The summed E-state index contributed by atoms with van der Waals surface area (Å²) < 4.78 is 6.94. The molecule has 2 heterocycles. The molecule has 4 rings (SSSR count). The first-order valence-electron chi connectivity index (χ1n) is 10.6. The molecular weight excluding hydrogens is 406 g/mol. The largest absolute Gasteiger partial charge is 0.383 e. The fourth-order valence-corrected chi connectivity index (χ4v) is 6.54. The van der Waals surface area contributed by atoms with Crippen LogP contribution in [-0.2, 0) is 28.9 Å². The number of nitrogens with one attached hydrogen (secondary N) is 1. The SMILES string of the molecule is COCCn1c(SC(C)C(=O)NC2CCCC2)nc2sc3c(c2c1=O)CCCC3. The highest BCUT2D eigenvalue weighted by Crippen LogP contribution is 2.35. The van der Waals surface area contributed by atoms with Crippen LogP contribution in [0.3, 0.4) is 0 Å². The average Bonchev–Trinajstić information content (AvgIpc) is 3.34. The topological polar surface area (TPSA) is 73.2 Å². The minimum absolute atomic E-state index is 0.0114. The lowest BCUT2D eigenvalue weighted by Crippen LogP contribution is -2.38. The molecule has 2 aliphatic carbocycles. The van der Waals surface area contributed by atoms with E-state index < -0.39 is 0 Å². The Bertz CT molecular complexity index is 947. The molecule has 0 radical (unpaired) electrons. The molecule has 0 aromatic carbocycles. The van der Waals surface area contributed by atoms with Crippen molar-refractivity contribution < 1.29 is 9.53 Å². The van der Waals surface area contributed by atoms with Crippen molar-refractivity contribution in [3.63, 3.8) is 0 Å². The maximum atomic E-state index is 13.4. The van der Waals surface area contributed by atoms with Gasteiger partial charge in [0.15, 0.2) is 5.16 Å². The Morgan fingerprint density at radius 2 is 2.07 bits per heavy atom. The molecule has 1 N–H and O–H groups in total. The molecule has 0 saturated heterocycles. The first-order valence-corrected chi connectivity index (χ1v) is 12.3. The molecule has 1 unspecified atom stereocenters. The number of aromatic nitrogens is 2. The van der Waals surface area contributed by atoms with Gasteiger partial charge in [0.2, 0.25) is 5.91 Å². The minimum atomic E-state index is -0.302. The maximum absolute atomic E-state index is 13.4. The van der Waals surface area contributed by atoms with Crippen LogP contribution in [0, 0.1) is 0 Å². The van der Waals surface area contributed by atoms with E-state index in [1.807, 2.05) is 6.92 Å². The van der Waals surface area contributed by atoms with E-state index in [4.69, 9.17) is 9.72 Å². The molecular formula is C21H29N3O3S2. The van der Waals surface area contributed by atoms with E-state index in [1.54, 1.807) is 23.0 Å². The summed E-state index contributed by atoms with van der Waals surface area (Å²) in [5.74, 6) is 0.0278. The Hall–Kier alpha value is -1.38. The molecule has 2 aromatic heterocycles. The molecule has 1 fully saturated rings. The second kappa shape index (κ2) is 9.18. The van der Waals surface area contributed by atoms with Crippen molar-refractivity contribution in [3.05, 3.63) is 20.8 Å². The van der Waals surface area contributed by atoms with Crippen LogP contribution in [0.1, 0.15) is 55.9 Å². The highest BCUT2D eigenvalue weighted by Gasteiger charge is 2.26. The van der Waals surface area contributed by atoms with Gasteiger partial charge in [-0.25, -0.2) is 4.98 Å². The number of ether oxygens (including phenoxy) is 1. The number of amides is 1. The van der Waals surface area contributed by atoms with Gasteiger partial charge >= 0.3 is 0 Å². The second-order valence-electron chi connectivity index (χ2n) is 7.99.